The third-order valence-electron chi connectivity index (χ3n) is 4.50. The second kappa shape index (κ2) is 9.89. The number of morpholine rings is 1. The largest absolute Gasteiger partial charge is 0.490 e. The zero-order valence-electron chi connectivity index (χ0n) is 16.8. The van der Waals surface area contributed by atoms with E-state index in [1.165, 1.54) is 5.69 Å². The molecule has 1 aliphatic heterocycles. The Morgan fingerprint density at radius 3 is 2.46 bits per heavy atom. The van der Waals surface area contributed by atoms with Gasteiger partial charge in [0, 0.05) is 42.1 Å². The highest BCUT2D eigenvalue weighted by atomic mass is 35.5. The van der Waals surface area contributed by atoms with Gasteiger partial charge in [0.15, 0.2) is 11.5 Å². The van der Waals surface area contributed by atoms with Gasteiger partial charge in [-0.05, 0) is 56.7 Å². The summed E-state index contributed by atoms with van der Waals surface area (Å²) in [6.45, 7) is 10.6. The maximum absolute atomic E-state index is 6.48. The van der Waals surface area contributed by atoms with Gasteiger partial charge in [-0.15, -0.1) is 0 Å². The fraction of sp³-hybridized carbons (Fsp3) is 0.455. The van der Waals surface area contributed by atoms with E-state index in [1.54, 1.807) is 0 Å². The van der Waals surface area contributed by atoms with E-state index in [0.717, 1.165) is 43.3 Å². The highest BCUT2D eigenvalue weighted by Gasteiger charge is 2.13. The highest BCUT2D eigenvalue weighted by Crippen LogP contribution is 2.34. The van der Waals surface area contributed by atoms with Crippen LogP contribution in [-0.2, 0) is 11.3 Å². The lowest BCUT2D eigenvalue weighted by atomic mass is 10.1. The molecule has 6 heteroatoms. The molecule has 0 aliphatic carbocycles. The van der Waals surface area contributed by atoms with Crippen molar-refractivity contribution in [2.75, 3.05) is 43.1 Å². The summed E-state index contributed by atoms with van der Waals surface area (Å²) in [5, 5.41) is 4.10. The molecule has 0 bridgehead atoms. The molecule has 1 saturated heterocycles. The summed E-state index contributed by atoms with van der Waals surface area (Å²) in [4.78, 5) is 2.34. The summed E-state index contributed by atoms with van der Waals surface area (Å²) < 4.78 is 17.0. The second-order valence-corrected chi connectivity index (χ2v) is 7.40. The summed E-state index contributed by atoms with van der Waals surface area (Å²) in [5.74, 6) is 1.40. The summed E-state index contributed by atoms with van der Waals surface area (Å²) in [5.41, 5.74) is 3.24. The van der Waals surface area contributed by atoms with Crippen molar-refractivity contribution in [1.29, 1.82) is 0 Å². The number of nitrogens with zero attached hydrogens (tertiary/aromatic N) is 1. The SMILES string of the molecule is CCOc1cc(CNc2ccc(N3CCOCC3)cc2)c(Cl)cc1OC(C)C. The maximum Gasteiger partial charge on any atom is 0.163 e. The Kier molecular flexibility index (Phi) is 7.29. The molecule has 0 unspecified atom stereocenters. The van der Waals surface area contributed by atoms with Gasteiger partial charge in [-0.1, -0.05) is 11.6 Å². The highest BCUT2D eigenvalue weighted by molar-refractivity contribution is 6.31. The van der Waals surface area contributed by atoms with Crippen LogP contribution in [0.15, 0.2) is 36.4 Å². The quantitative estimate of drug-likeness (QED) is 0.672. The molecule has 2 aromatic carbocycles. The zero-order chi connectivity index (χ0) is 19.9. The van der Waals surface area contributed by atoms with Crippen molar-refractivity contribution in [2.24, 2.45) is 0 Å². The van der Waals surface area contributed by atoms with Gasteiger partial charge in [-0.2, -0.15) is 0 Å². The van der Waals surface area contributed by atoms with Crippen LogP contribution in [0, 0.1) is 0 Å². The first-order valence-corrected chi connectivity index (χ1v) is 10.2. The number of hydrogen-bond donors (Lipinski definition) is 1. The minimum Gasteiger partial charge on any atom is -0.490 e. The van der Waals surface area contributed by atoms with Crippen LogP contribution in [0.3, 0.4) is 0 Å². The summed E-state index contributed by atoms with van der Waals surface area (Å²) >= 11 is 6.48. The molecular weight excluding hydrogens is 376 g/mol. The van der Waals surface area contributed by atoms with Gasteiger partial charge in [0.2, 0.25) is 0 Å². The van der Waals surface area contributed by atoms with E-state index in [2.05, 4.69) is 34.5 Å². The van der Waals surface area contributed by atoms with E-state index >= 15 is 0 Å². The molecule has 3 rings (SSSR count). The molecule has 0 aromatic heterocycles. The standard InChI is InChI=1S/C22H29ClN2O3/c1-4-27-21-13-17(20(23)14-22(21)28-16(2)3)15-24-18-5-7-19(8-6-18)25-9-11-26-12-10-25/h5-8,13-14,16,24H,4,9-12,15H2,1-3H3. The van der Waals surface area contributed by atoms with Crippen LogP contribution in [0.1, 0.15) is 26.3 Å². The topological polar surface area (TPSA) is 43.0 Å². The smallest absolute Gasteiger partial charge is 0.163 e. The Labute approximate surface area is 172 Å². The molecule has 2 aromatic rings. The predicted molar refractivity (Wildman–Crippen MR) is 115 cm³/mol. The molecular formula is C22H29ClN2O3. The lowest BCUT2D eigenvalue weighted by molar-refractivity contribution is 0.122. The monoisotopic (exact) mass is 404 g/mol. The first-order valence-electron chi connectivity index (χ1n) is 9.85. The minimum absolute atomic E-state index is 0.0595. The van der Waals surface area contributed by atoms with Gasteiger partial charge in [0.05, 0.1) is 25.9 Å². The Hall–Kier alpha value is -2.11. The van der Waals surface area contributed by atoms with Gasteiger partial charge in [0.25, 0.3) is 0 Å². The zero-order valence-corrected chi connectivity index (χ0v) is 17.6. The molecule has 1 N–H and O–H groups in total. The Bertz CT molecular complexity index is 759. The molecule has 0 spiro atoms. The van der Waals surface area contributed by atoms with Crippen LogP contribution in [0.5, 0.6) is 11.5 Å². The number of nitrogens with one attached hydrogen (secondary N) is 1. The number of halogens is 1. The van der Waals surface area contributed by atoms with Crippen molar-refractivity contribution >= 4 is 23.0 Å². The van der Waals surface area contributed by atoms with Gasteiger partial charge in [0.1, 0.15) is 0 Å². The summed E-state index contributed by atoms with van der Waals surface area (Å²) in [6.07, 6.45) is 0.0595. The molecule has 5 nitrogen and oxygen atoms in total. The Morgan fingerprint density at radius 1 is 1.11 bits per heavy atom. The Balaban J connectivity index is 1.67. The maximum atomic E-state index is 6.48. The van der Waals surface area contributed by atoms with Crippen LogP contribution in [0.2, 0.25) is 5.02 Å². The molecule has 0 amide bonds. The third kappa shape index (κ3) is 5.46. The van der Waals surface area contributed by atoms with Gasteiger partial charge < -0.3 is 24.4 Å². The van der Waals surface area contributed by atoms with Crippen LogP contribution < -0.4 is 19.7 Å². The Morgan fingerprint density at radius 2 is 1.82 bits per heavy atom. The second-order valence-electron chi connectivity index (χ2n) is 6.99. The predicted octanol–water partition coefficient (Wildman–Crippen LogP) is 4.97. The molecule has 1 heterocycles. The van der Waals surface area contributed by atoms with Crippen molar-refractivity contribution in [3.05, 3.63) is 47.0 Å². The van der Waals surface area contributed by atoms with Crippen LogP contribution in [0.4, 0.5) is 11.4 Å². The number of anilines is 2. The molecule has 0 radical (unpaired) electrons. The lowest BCUT2D eigenvalue weighted by Crippen LogP contribution is -2.36. The normalized spacial score (nSPS) is 14.2. The number of benzene rings is 2. The molecule has 1 aliphatic rings. The number of hydrogen-bond acceptors (Lipinski definition) is 5. The van der Waals surface area contributed by atoms with E-state index in [-0.39, 0.29) is 6.10 Å². The van der Waals surface area contributed by atoms with Crippen molar-refractivity contribution in [2.45, 2.75) is 33.4 Å². The van der Waals surface area contributed by atoms with Crippen molar-refractivity contribution in [3.8, 4) is 11.5 Å². The van der Waals surface area contributed by atoms with Crippen LogP contribution in [-0.4, -0.2) is 39.0 Å². The first-order chi connectivity index (χ1) is 13.6. The van der Waals surface area contributed by atoms with Gasteiger partial charge >= 0.3 is 0 Å². The van der Waals surface area contributed by atoms with Crippen LogP contribution in [0.25, 0.3) is 0 Å². The fourth-order valence-electron chi connectivity index (χ4n) is 3.14. The van der Waals surface area contributed by atoms with Crippen LogP contribution >= 0.6 is 11.6 Å². The van der Waals surface area contributed by atoms with E-state index in [4.69, 9.17) is 25.8 Å². The van der Waals surface area contributed by atoms with Crippen molar-refractivity contribution < 1.29 is 14.2 Å². The summed E-state index contributed by atoms with van der Waals surface area (Å²) in [7, 11) is 0. The lowest BCUT2D eigenvalue weighted by Gasteiger charge is -2.29. The van der Waals surface area contributed by atoms with Gasteiger partial charge in [-0.25, -0.2) is 0 Å². The van der Waals surface area contributed by atoms with E-state index in [9.17, 15) is 0 Å². The first kappa shape index (κ1) is 20.6. The van der Waals surface area contributed by atoms with Crippen molar-refractivity contribution in [1.82, 2.24) is 0 Å². The minimum atomic E-state index is 0.0595. The average Bonchev–Trinajstić information content (AvgIpc) is 2.70. The molecule has 28 heavy (non-hydrogen) atoms. The molecule has 0 saturated carbocycles. The fourth-order valence-corrected chi connectivity index (χ4v) is 3.36. The van der Waals surface area contributed by atoms with E-state index < -0.39 is 0 Å². The van der Waals surface area contributed by atoms with Crippen molar-refractivity contribution in [3.63, 3.8) is 0 Å². The molecule has 1 fully saturated rings. The van der Waals surface area contributed by atoms with E-state index in [1.807, 2.05) is 32.9 Å². The number of rotatable bonds is 8. The number of ether oxygens (including phenoxy) is 3. The average molecular weight is 405 g/mol. The summed E-state index contributed by atoms with van der Waals surface area (Å²) in [6, 6.07) is 12.3. The molecule has 0 atom stereocenters. The third-order valence-corrected chi connectivity index (χ3v) is 4.85. The molecule has 152 valence electrons. The van der Waals surface area contributed by atoms with E-state index in [0.29, 0.717) is 23.9 Å². The van der Waals surface area contributed by atoms with Gasteiger partial charge in [-0.3, -0.25) is 0 Å².